The fraction of sp³-hybridized carbons (Fsp3) is 0.143. The van der Waals surface area contributed by atoms with Gasteiger partial charge in [-0.1, -0.05) is 18.2 Å². The number of amides is 2. The van der Waals surface area contributed by atoms with Crippen molar-refractivity contribution < 1.29 is 18.7 Å². The van der Waals surface area contributed by atoms with Crippen molar-refractivity contribution in [3.63, 3.8) is 0 Å². The standard InChI is InChI=1S/C21H19FN4O4/c1-13-12-18(27)19(25-26(13)16-6-4-3-5-7-16)21(29)24-23-20(28)14(2)30-17-10-8-15(22)9-11-17/h3-12,14H,1-2H3,(H,23,28)(H,24,29)/t14-/m0/s1. The van der Waals surface area contributed by atoms with Gasteiger partial charge in [-0.15, -0.1) is 0 Å². The number of nitrogens with zero attached hydrogens (tertiary/aromatic N) is 2. The summed E-state index contributed by atoms with van der Waals surface area (Å²) in [6, 6.07) is 15.4. The maximum Gasteiger partial charge on any atom is 0.294 e. The van der Waals surface area contributed by atoms with Crippen LogP contribution in [-0.4, -0.2) is 27.7 Å². The van der Waals surface area contributed by atoms with Gasteiger partial charge in [0, 0.05) is 11.8 Å². The second-order valence-corrected chi connectivity index (χ2v) is 6.40. The molecule has 8 nitrogen and oxygen atoms in total. The van der Waals surface area contributed by atoms with E-state index in [4.69, 9.17) is 4.74 Å². The predicted molar refractivity (Wildman–Crippen MR) is 107 cm³/mol. The molecule has 0 bridgehead atoms. The van der Waals surface area contributed by atoms with Gasteiger partial charge >= 0.3 is 0 Å². The molecule has 154 valence electrons. The van der Waals surface area contributed by atoms with Crippen LogP contribution in [0.4, 0.5) is 4.39 Å². The number of carbonyl (C=O) groups excluding carboxylic acids is 2. The zero-order valence-corrected chi connectivity index (χ0v) is 16.3. The lowest BCUT2D eigenvalue weighted by Gasteiger charge is -2.15. The molecule has 0 spiro atoms. The topological polar surface area (TPSA) is 102 Å². The summed E-state index contributed by atoms with van der Waals surface area (Å²) in [5.41, 5.74) is 4.61. The quantitative estimate of drug-likeness (QED) is 0.626. The van der Waals surface area contributed by atoms with E-state index >= 15 is 0 Å². The number of hydrogen-bond acceptors (Lipinski definition) is 5. The Balaban J connectivity index is 1.67. The van der Waals surface area contributed by atoms with Crippen molar-refractivity contribution in [3.05, 3.63) is 88.1 Å². The number of para-hydroxylation sites is 1. The summed E-state index contributed by atoms with van der Waals surface area (Å²) in [5.74, 6) is -1.68. The molecule has 0 aliphatic rings. The maximum atomic E-state index is 12.9. The second kappa shape index (κ2) is 8.99. The summed E-state index contributed by atoms with van der Waals surface area (Å²) < 4.78 is 19.8. The van der Waals surface area contributed by atoms with Crippen molar-refractivity contribution in [3.8, 4) is 11.4 Å². The Kier molecular flexibility index (Phi) is 6.21. The van der Waals surface area contributed by atoms with Crippen molar-refractivity contribution in [1.82, 2.24) is 20.6 Å². The monoisotopic (exact) mass is 410 g/mol. The van der Waals surface area contributed by atoms with Crippen LogP contribution in [0.1, 0.15) is 23.1 Å². The van der Waals surface area contributed by atoms with E-state index in [0.29, 0.717) is 11.4 Å². The van der Waals surface area contributed by atoms with Gasteiger partial charge in [-0.25, -0.2) is 9.07 Å². The molecule has 3 aromatic rings. The Morgan fingerprint density at radius 2 is 1.73 bits per heavy atom. The molecule has 1 heterocycles. The highest BCUT2D eigenvalue weighted by Gasteiger charge is 2.19. The molecule has 0 unspecified atom stereocenters. The summed E-state index contributed by atoms with van der Waals surface area (Å²) in [6.45, 7) is 3.15. The van der Waals surface area contributed by atoms with E-state index in [0.717, 1.165) is 0 Å². The third kappa shape index (κ3) is 4.88. The molecular formula is C21H19FN4O4. The first-order valence-corrected chi connectivity index (χ1v) is 9.04. The van der Waals surface area contributed by atoms with Crippen molar-refractivity contribution in [2.45, 2.75) is 20.0 Å². The average Bonchev–Trinajstić information content (AvgIpc) is 2.74. The number of hydrogen-bond donors (Lipinski definition) is 2. The van der Waals surface area contributed by atoms with Crippen LogP contribution >= 0.6 is 0 Å². The summed E-state index contributed by atoms with van der Waals surface area (Å²) in [4.78, 5) is 36.8. The average molecular weight is 410 g/mol. The molecule has 2 amide bonds. The molecule has 3 rings (SSSR count). The van der Waals surface area contributed by atoms with Crippen molar-refractivity contribution in [2.75, 3.05) is 0 Å². The molecule has 1 aromatic heterocycles. The number of aryl methyl sites for hydroxylation is 1. The highest BCUT2D eigenvalue weighted by molar-refractivity contribution is 5.94. The lowest BCUT2D eigenvalue weighted by molar-refractivity contribution is -0.128. The highest BCUT2D eigenvalue weighted by atomic mass is 19.1. The Morgan fingerprint density at radius 1 is 1.07 bits per heavy atom. The number of nitrogens with one attached hydrogen (secondary N) is 2. The molecule has 0 aliphatic heterocycles. The second-order valence-electron chi connectivity index (χ2n) is 6.40. The maximum absolute atomic E-state index is 12.9. The summed E-state index contributed by atoms with van der Waals surface area (Å²) in [7, 11) is 0. The minimum atomic E-state index is -0.984. The number of hydrazine groups is 1. The van der Waals surface area contributed by atoms with Gasteiger partial charge in [0.15, 0.2) is 11.8 Å². The van der Waals surface area contributed by atoms with Crippen LogP contribution in [0, 0.1) is 12.7 Å². The Morgan fingerprint density at radius 3 is 2.40 bits per heavy atom. The molecule has 2 aromatic carbocycles. The van der Waals surface area contributed by atoms with Gasteiger partial charge in [0.1, 0.15) is 11.6 Å². The van der Waals surface area contributed by atoms with E-state index < -0.39 is 29.2 Å². The van der Waals surface area contributed by atoms with Crippen LogP contribution in [0.25, 0.3) is 5.69 Å². The van der Waals surface area contributed by atoms with Crippen LogP contribution < -0.4 is 21.0 Å². The SMILES string of the molecule is Cc1cc(=O)c(C(=O)NNC(=O)[C@H](C)Oc2ccc(F)cc2)nn1-c1ccccc1. The summed E-state index contributed by atoms with van der Waals surface area (Å²) in [6.07, 6.45) is -0.984. The fourth-order valence-electron chi connectivity index (χ4n) is 2.59. The van der Waals surface area contributed by atoms with Crippen LogP contribution in [0.2, 0.25) is 0 Å². The smallest absolute Gasteiger partial charge is 0.294 e. The van der Waals surface area contributed by atoms with Crippen LogP contribution in [0.5, 0.6) is 5.75 Å². The Hall–Kier alpha value is -4.01. The van der Waals surface area contributed by atoms with E-state index in [1.54, 1.807) is 31.2 Å². The highest BCUT2D eigenvalue weighted by Crippen LogP contribution is 2.13. The fourth-order valence-corrected chi connectivity index (χ4v) is 2.59. The molecule has 0 aliphatic carbocycles. The van der Waals surface area contributed by atoms with E-state index in [-0.39, 0.29) is 11.4 Å². The van der Waals surface area contributed by atoms with Gasteiger partial charge in [-0.3, -0.25) is 25.2 Å². The zero-order valence-electron chi connectivity index (χ0n) is 16.3. The van der Waals surface area contributed by atoms with E-state index in [2.05, 4.69) is 16.0 Å². The molecule has 0 saturated carbocycles. The molecule has 1 atom stereocenters. The zero-order chi connectivity index (χ0) is 21.7. The number of aromatic nitrogens is 2. The van der Waals surface area contributed by atoms with Crippen LogP contribution in [-0.2, 0) is 4.79 Å². The van der Waals surface area contributed by atoms with Gasteiger partial charge in [0.2, 0.25) is 5.43 Å². The number of rotatable bonds is 5. The molecule has 2 N–H and O–H groups in total. The summed E-state index contributed by atoms with van der Waals surface area (Å²) >= 11 is 0. The first kappa shape index (κ1) is 20.7. The molecule has 0 radical (unpaired) electrons. The van der Waals surface area contributed by atoms with Gasteiger partial charge in [-0.05, 0) is 50.2 Å². The number of ether oxygens (including phenoxy) is 1. The lowest BCUT2D eigenvalue weighted by atomic mass is 10.3. The molecule has 30 heavy (non-hydrogen) atoms. The lowest BCUT2D eigenvalue weighted by Crippen LogP contribution is -2.48. The summed E-state index contributed by atoms with van der Waals surface area (Å²) in [5, 5.41) is 4.11. The Bertz CT molecular complexity index is 1110. The van der Waals surface area contributed by atoms with Crippen molar-refractivity contribution in [1.29, 1.82) is 0 Å². The minimum absolute atomic E-state index is 0.288. The first-order chi connectivity index (χ1) is 14.3. The van der Waals surface area contributed by atoms with Crippen LogP contribution in [0.3, 0.4) is 0 Å². The van der Waals surface area contributed by atoms with E-state index in [1.807, 2.05) is 6.07 Å². The predicted octanol–water partition coefficient (Wildman–Crippen LogP) is 1.91. The van der Waals surface area contributed by atoms with Gasteiger partial charge in [0.05, 0.1) is 5.69 Å². The Labute approximate surface area is 171 Å². The minimum Gasteiger partial charge on any atom is -0.481 e. The number of carbonyl (C=O) groups is 2. The largest absolute Gasteiger partial charge is 0.481 e. The first-order valence-electron chi connectivity index (χ1n) is 9.04. The number of benzene rings is 2. The third-order valence-corrected chi connectivity index (χ3v) is 4.12. The van der Waals surface area contributed by atoms with E-state index in [1.165, 1.54) is 41.9 Å². The molecule has 9 heteroatoms. The van der Waals surface area contributed by atoms with Gasteiger partial charge < -0.3 is 4.74 Å². The van der Waals surface area contributed by atoms with Crippen molar-refractivity contribution in [2.24, 2.45) is 0 Å². The van der Waals surface area contributed by atoms with Crippen molar-refractivity contribution >= 4 is 11.8 Å². The molecule has 0 saturated heterocycles. The van der Waals surface area contributed by atoms with E-state index in [9.17, 15) is 18.8 Å². The normalized spacial score (nSPS) is 11.4. The molecule has 0 fully saturated rings. The number of halogens is 1. The van der Waals surface area contributed by atoms with Crippen LogP contribution in [0.15, 0.2) is 65.5 Å². The van der Waals surface area contributed by atoms with Gasteiger partial charge in [-0.2, -0.15) is 5.10 Å². The molecular weight excluding hydrogens is 391 g/mol. The van der Waals surface area contributed by atoms with Gasteiger partial charge in [0.25, 0.3) is 11.8 Å². The third-order valence-electron chi connectivity index (χ3n) is 4.12.